The molecule has 0 saturated carbocycles. The van der Waals surface area contributed by atoms with Crippen LogP contribution in [0.5, 0.6) is 0 Å². The lowest BCUT2D eigenvalue weighted by atomic mass is 10.1. The zero-order chi connectivity index (χ0) is 16.3. The second-order valence-electron chi connectivity index (χ2n) is 5.74. The molecule has 1 atom stereocenters. The van der Waals surface area contributed by atoms with E-state index >= 15 is 0 Å². The molecule has 2 aromatic heterocycles. The molecule has 1 aliphatic rings. The third-order valence-electron chi connectivity index (χ3n) is 4.30. The van der Waals surface area contributed by atoms with Crippen LogP contribution in [0.3, 0.4) is 0 Å². The fraction of sp³-hybridized carbons (Fsp3) is 0.0588. The summed E-state index contributed by atoms with van der Waals surface area (Å²) < 4.78 is 3.10. The van der Waals surface area contributed by atoms with Crippen molar-refractivity contribution in [3.8, 4) is 0 Å². The zero-order valence-electron chi connectivity index (χ0n) is 12.5. The van der Waals surface area contributed by atoms with Crippen LogP contribution in [-0.2, 0) is 0 Å². The number of para-hydroxylation sites is 2. The van der Waals surface area contributed by atoms with Gasteiger partial charge in [-0.2, -0.15) is 0 Å². The molecule has 0 saturated heterocycles. The van der Waals surface area contributed by atoms with E-state index < -0.39 is 0 Å². The highest BCUT2D eigenvalue weighted by Gasteiger charge is 2.26. The number of rotatable bonds is 1. The summed E-state index contributed by atoms with van der Waals surface area (Å²) in [6, 6.07) is 14.2. The van der Waals surface area contributed by atoms with E-state index in [2.05, 4.69) is 46.8 Å². The standard InChI is InChI=1S/C17H13BrN6/c18-9-5-6-12-10(7-9)11(8-20-12)15-22-16(19)23-17-21-13-3-1-2-4-14(13)24(15)17/h1-8,15,20H,(H3,19,21,22,23)/t15-/m0/s1. The lowest BCUT2D eigenvalue weighted by Gasteiger charge is -2.23. The quantitative estimate of drug-likeness (QED) is 0.471. The Balaban J connectivity index is 1.81. The lowest BCUT2D eigenvalue weighted by molar-refractivity contribution is 0.630. The minimum Gasteiger partial charge on any atom is -0.370 e. The first-order chi connectivity index (χ1) is 11.7. The predicted octanol–water partition coefficient (Wildman–Crippen LogP) is 3.57. The van der Waals surface area contributed by atoms with Gasteiger partial charge in [0.05, 0.1) is 11.0 Å². The first-order valence-corrected chi connectivity index (χ1v) is 8.34. The Kier molecular flexibility index (Phi) is 2.75. The van der Waals surface area contributed by atoms with Gasteiger partial charge < -0.3 is 10.7 Å². The largest absolute Gasteiger partial charge is 0.370 e. The third kappa shape index (κ3) is 1.88. The van der Waals surface area contributed by atoms with Crippen molar-refractivity contribution >= 4 is 49.8 Å². The molecule has 2 aromatic carbocycles. The van der Waals surface area contributed by atoms with E-state index in [1.807, 2.05) is 42.6 Å². The Morgan fingerprint density at radius 1 is 1.17 bits per heavy atom. The monoisotopic (exact) mass is 380 g/mol. The Bertz CT molecular complexity index is 1120. The van der Waals surface area contributed by atoms with Crippen molar-refractivity contribution in [2.75, 3.05) is 5.32 Å². The number of nitrogens with one attached hydrogen (secondary N) is 2. The van der Waals surface area contributed by atoms with Crippen LogP contribution in [0.15, 0.2) is 58.1 Å². The third-order valence-corrected chi connectivity index (χ3v) is 4.79. The molecule has 0 amide bonds. The molecule has 7 heteroatoms. The normalized spacial score (nSPS) is 16.9. The van der Waals surface area contributed by atoms with E-state index in [-0.39, 0.29) is 6.17 Å². The minimum atomic E-state index is -0.267. The maximum absolute atomic E-state index is 6.01. The van der Waals surface area contributed by atoms with Crippen molar-refractivity contribution in [2.24, 2.45) is 10.7 Å². The van der Waals surface area contributed by atoms with E-state index in [1.165, 1.54) is 0 Å². The van der Waals surface area contributed by atoms with Gasteiger partial charge >= 0.3 is 0 Å². The molecule has 0 radical (unpaired) electrons. The fourth-order valence-corrected chi connectivity index (χ4v) is 3.61. The van der Waals surface area contributed by atoms with Gasteiger partial charge in [0.2, 0.25) is 5.95 Å². The van der Waals surface area contributed by atoms with E-state index in [9.17, 15) is 0 Å². The number of hydrogen-bond donors (Lipinski definition) is 3. The molecule has 6 nitrogen and oxygen atoms in total. The summed E-state index contributed by atoms with van der Waals surface area (Å²) in [5, 5.41) is 4.17. The van der Waals surface area contributed by atoms with Crippen LogP contribution in [0.2, 0.25) is 0 Å². The fourth-order valence-electron chi connectivity index (χ4n) is 3.25. The van der Waals surface area contributed by atoms with Crippen molar-refractivity contribution in [1.29, 1.82) is 0 Å². The second kappa shape index (κ2) is 4.85. The molecular formula is C17H13BrN6. The van der Waals surface area contributed by atoms with Gasteiger partial charge in [-0.05, 0) is 30.3 Å². The van der Waals surface area contributed by atoms with Crippen molar-refractivity contribution in [3.63, 3.8) is 0 Å². The molecular weight excluding hydrogens is 368 g/mol. The van der Waals surface area contributed by atoms with E-state index in [1.54, 1.807) is 0 Å². The number of nitrogens with zero attached hydrogens (tertiary/aromatic N) is 3. The van der Waals surface area contributed by atoms with Gasteiger partial charge in [-0.3, -0.25) is 9.88 Å². The predicted molar refractivity (Wildman–Crippen MR) is 99.1 cm³/mol. The van der Waals surface area contributed by atoms with Gasteiger partial charge in [0.1, 0.15) is 0 Å². The maximum Gasteiger partial charge on any atom is 0.212 e. The van der Waals surface area contributed by atoms with Crippen LogP contribution in [0.4, 0.5) is 5.95 Å². The van der Waals surface area contributed by atoms with Crippen molar-refractivity contribution in [3.05, 3.63) is 58.7 Å². The summed E-state index contributed by atoms with van der Waals surface area (Å²) in [5.41, 5.74) is 10.1. The number of aliphatic imine (C=N–C) groups is 1. The molecule has 4 aromatic rings. The summed E-state index contributed by atoms with van der Waals surface area (Å²) in [6.45, 7) is 0. The topological polar surface area (TPSA) is 84.0 Å². The smallest absolute Gasteiger partial charge is 0.212 e. The van der Waals surface area contributed by atoms with Crippen molar-refractivity contribution in [1.82, 2.24) is 14.5 Å². The Labute approximate surface area is 145 Å². The van der Waals surface area contributed by atoms with Crippen LogP contribution < -0.4 is 11.1 Å². The van der Waals surface area contributed by atoms with Gasteiger partial charge in [0, 0.05) is 27.1 Å². The minimum absolute atomic E-state index is 0.267. The highest BCUT2D eigenvalue weighted by Crippen LogP contribution is 2.36. The SMILES string of the molecule is NC1=N[C@H](c2c[nH]c3ccc(Br)cc23)n2c(nc3ccccc32)N1. The molecule has 3 heterocycles. The van der Waals surface area contributed by atoms with E-state index in [4.69, 9.17) is 5.73 Å². The average molecular weight is 381 g/mol. The Morgan fingerprint density at radius 3 is 2.96 bits per heavy atom. The van der Waals surface area contributed by atoms with Gasteiger partial charge in [-0.1, -0.05) is 28.1 Å². The Hall–Kier alpha value is -2.80. The average Bonchev–Trinajstić information content (AvgIpc) is 3.14. The molecule has 0 bridgehead atoms. The summed E-state index contributed by atoms with van der Waals surface area (Å²) >= 11 is 3.55. The van der Waals surface area contributed by atoms with Gasteiger partial charge in [-0.15, -0.1) is 0 Å². The number of halogens is 1. The summed E-state index contributed by atoms with van der Waals surface area (Å²) in [4.78, 5) is 12.6. The van der Waals surface area contributed by atoms with Crippen LogP contribution >= 0.6 is 15.9 Å². The first kappa shape index (κ1) is 13.6. The summed E-state index contributed by atoms with van der Waals surface area (Å²) in [6.07, 6.45) is 1.72. The van der Waals surface area contributed by atoms with Gasteiger partial charge in [-0.25, -0.2) is 9.98 Å². The summed E-state index contributed by atoms with van der Waals surface area (Å²) in [7, 11) is 0. The number of hydrogen-bond acceptors (Lipinski definition) is 4. The number of aromatic nitrogens is 3. The Morgan fingerprint density at radius 2 is 2.04 bits per heavy atom. The lowest BCUT2D eigenvalue weighted by Crippen LogP contribution is -2.31. The molecule has 5 rings (SSSR count). The molecule has 0 unspecified atom stereocenters. The number of H-pyrrole nitrogens is 1. The van der Waals surface area contributed by atoms with E-state index in [0.29, 0.717) is 11.9 Å². The van der Waals surface area contributed by atoms with Gasteiger partial charge in [0.15, 0.2) is 12.1 Å². The van der Waals surface area contributed by atoms with Crippen LogP contribution in [-0.4, -0.2) is 20.5 Å². The highest BCUT2D eigenvalue weighted by molar-refractivity contribution is 9.10. The molecule has 0 fully saturated rings. The van der Waals surface area contributed by atoms with Crippen LogP contribution in [0.1, 0.15) is 11.7 Å². The second-order valence-corrected chi connectivity index (χ2v) is 6.66. The zero-order valence-corrected chi connectivity index (χ0v) is 14.1. The number of anilines is 1. The molecule has 4 N–H and O–H groups in total. The van der Waals surface area contributed by atoms with Crippen LogP contribution in [0.25, 0.3) is 21.9 Å². The van der Waals surface area contributed by atoms with Crippen molar-refractivity contribution in [2.45, 2.75) is 6.17 Å². The number of imidazole rings is 1. The first-order valence-electron chi connectivity index (χ1n) is 7.54. The van der Waals surface area contributed by atoms with E-state index in [0.717, 1.165) is 32.0 Å². The number of guanidine groups is 1. The highest BCUT2D eigenvalue weighted by atomic mass is 79.9. The summed E-state index contributed by atoms with van der Waals surface area (Å²) in [5.74, 6) is 1.07. The molecule has 24 heavy (non-hydrogen) atoms. The molecule has 0 spiro atoms. The number of fused-ring (bicyclic) bond motifs is 4. The molecule has 0 aliphatic carbocycles. The van der Waals surface area contributed by atoms with Crippen LogP contribution in [0, 0.1) is 0 Å². The van der Waals surface area contributed by atoms with Gasteiger partial charge in [0.25, 0.3) is 0 Å². The maximum atomic E-state index is 6.01. The molecule has 118 valence electrons. The number of benzene rings is 2. The number of nitrogens with two attached hydrogens (primary N) is 1. The number of aromatic amines is 1. The van der Waals surface area contributed by atoms with Crippen molar-refractivity contribution < 1.29 is 0 Å². The molecule has 1 aliphatic heterocycles.